The molecule has 1 aromatic heterocycles. The SMILES string of the molecule is CCCC1CN(CCc2ccnn2C)C(C)CN1. The van der Waals surface area contributed by atoms with Gasteiger partial charge in [0.1, 0.15) is 0 Å². The van der Waals surface area contributed by atoms with E-state index in [4.69, 9.17) is 0 Å². The second kappa shape index (κ2) is 6.34. The number of nitrogens with zero attached hydrogens (tertiary/aromatic N) is 3. The molecule has 0 saturated carbocycles. The molecule has 18 heavy (non-hydrogen) atoms. The summed E-state index contributed by atoms with van der Waals surface area (Å²) in [4.78, 5) is 2.61. The van der Waals surface area contributed by atoms with Crippen LogP contribution < -0.4 is 5.32 Å². The highest BCUT2D eigenvalue weighted by molar-refractivity contribution is 5.01. The van der Waals surface area contributed by atoms with E-state index in [0.29, 0.717) is 12.1 Å². The third kappa shape index (κ3) is 3.33. The monoisotopic (exact) mass is 250 g/mol. The summed E-state index contributed by atoms with van der Waals surface area (Å²) in [6.07, 6.45) is 5.53. The van der Waals surface area contributed by atoms with Crippen LogP contribution in [0.1, 0.15) is 32.4 Å². The molecule has 1 aliphatic heterocycles. The molecule has 1 aromatic rings. The molecular formula is C14H26N4. The summed E-state index contributed by atoms with van der Waals surface area (Å²) in [6, 6.07) is 3.44. The molecule has 1 aliphatic rings. The Balaban J connectivity index is 1.85. The summed E-state index contributed by atoms with van der Waals surface area (Å²) in [5.74, 6) is 0. The van der Waals surface area contributed by atoms with Crippen LogP contribution in [-0.2, 0) is 13.5 Å². The Morgan fingerprint density at radius 1 is 1.50 bits per heavy atom. The van der Waals surface area contributed by atoms with Crippen molar-refractivity contribution in [2.24, 2.45) is 7.05 Å². The Hall–Kier alpha value is -0.870. The van der Waals surface area contributed by atoms with E-state index in [-0.39, 0.29) is 0 Å². The Kier molecular flexibility index (Phi) is 4.78. The zero-order chi connectivity index (χ0) is 13.0. The molecule has 2 unspecified atom stereocenters. The van der Waals surface area contributed by atoms with Crippen molar-refractivity contribution < 1.29 is 0 Å². The maximum Gasteiger partial charge on any atom is 0.0492 e. The largest absolute Gasteiger partial charge is 0.311 e. The van der Waals surface area contributed by atoms with Crippen LogP contribution in [-0.4, -0.2) is 46.4 Å². The van der Waals surface area contributed by atoms with Gasteiger partial charge in [0.2, 0.25) is 0 Å². The van der Waals surface area contributed by atoms with Crippen LogP contribution in [0.25, 0.3) is 0 Å². The third-order valence-corrected chi connectivity index (χ3v) is 3.99. The molecule has 2 rings (SSSR count). The molecule has 1 saturated heterocycles. The normalized spacial score (nSPS) is 25.5. The van der Waals surface area contributed by atoms with Crippen molar-refractivity contribution in [2.75, 3.05) is 19.6 Å². The number of piperazine rings is 1. The molecule has 1 fully saturated rings. The van der Waals surface area contributed by atoms with E-state index in [2.05, 4.69) is 35.2 Å². The highest BCUT2D eigenvalue weighted by Gasteiger charge is 2.23. The summed E-state index contributed by atoms with van der Waals surface area (Å²) in [6.45, 7) is 8.03. The first-order valence-corrected chi connectivity index (χ1v) is 7.15. The lowest BCUT2D eigenvalue weighted by atomic mass is 10.1. The second-order valence-corrected chi connectivity index (χ2v) is 5.43. The van der Waals surface area contributed by atoms with Crippen molar-refractivity contribution in [3.05, 3.63) is 18.0 Å². The summed E-state index contributed by atoms with van der Waals surface area (Å²) in [5.41, 5.74) is 1.33. The third-order valence-electron chi connectivity index (χ3n) is 3.99. The molecule has 0 bridgehead atoms. The predicted octanol–water partition coefficient (Wildman–Crippen LogP) is 1.43. The van der Waals surface area contributed by atoms with E-state index in [1.807, 2.05) is 17.9 Å². The predicted molar refractivity (Wildman–Crippen MR) is 74.6 cm³/mol. The van der Waals surface area contributed by atoms with E-state index in [1.165, 1.54) is 25.1 Å². The van der Waals surface area contributed by atoms with Gasteiger partial charge in [-0.1, -0.05) is 13.3 Å². The van der Waals surface area contributed by atoms with Gasteiger partial charge < -0.3 is 5.32 Å². The van der Waals surface area contributed by atoms with Crippen molar-refractivity contribution in [3.63, 3.8) is 0 Å². The van der Waals surface area contributed by atoms with Crippen LogP contribution in [0.2, 0.25) is 0 Å². The van der Waals surface area contributed by atoms with Gasteiger partial charge in [-0.25, -0.2) is 0 Å². The number of aromatic nitrogens is 2. The first-order valence-electron chi connectivity index (χ1n) is 7.15. The molecule has 4 heteroatoms. The van der Waals surface area contributed by atoms with Crippen molar-refractivity contribution >= 4 is 0 Å². The van der Waals surface area contributed by atoms with Gasteiger partial charge in [-0.15, -0.1) is 0 Å². The van der Waals surface area contributed by atoms with Crippen molar-refractivity contribution in [1.82, 2.24) is 20.0 Å². The first-order chi connectivity index (χ1) is 8.70. The number of nitrogens with one attached hydrogen (secondary N) is 1. The fraction of sp³-hybridized carbons (Fsp3) is 0.786. The topological polar surface area (TPSA) is 33.1 Å². The summed E-state index contributed by atoms with van der Waals surface area (Å²) >= 11 is 0. The lowest BCUT2D eigenvalue weighted by Crippen LogP contribution is -2.55. The van der Waals surface area contributed by atoms with Gasteiger partial charge in [0.15, 0.2) is 0 Å². The van der Waals surface area contributed by atoms with Gasteiger partial charge in [-0.05, 0) is 19.4 Å². The Morgan fingerprint density at radius 3 is 3.00 bits per heavy atom. The summed E-state index contributed by atoms with van der Waals surface area (Å²) in [7, 11) is 2.02. The highest BCUT2D eigenvalue weighted by Crippen LogP contribution is 2.11. The summed E-state index contributed by atoms with van der Waals surface area (Å²) in [5, 5.41) is 7.87. The molecule has 4 nitrogen and oxygen atoms in total. The average Bonchev–Trinajstić information content (AvgIpc) is 2.76. The fourth-order valence-corrected chi connectivity index (χ4v) is 2.75. The maximum absolute atomic E-state index is 4.23. The molecular weight excluding hydrogens is 224 g/mol. The van der Waals surface area contributed by atoms with Gasteiger partial charge >= 0.3 is 0 Å². The minimum absolute atomic E-state index is 0.645. The molecule has 102 valence electrons. The summed E-state index contributed by atoms with van der Waals surface area (Å²) < 4.78 is 1.98. The molecule has 1 N–H and O–H groups in total. The lowest BCUT2D eigenvalue weighted by Gasteiger charge is -2.38. The van der Waals surface area contributed by atoms with E-state index >= 15 is 0 Å². The van der Waals surface area contributed by atoms with Crippen LogP contribution in [0.5, 0.6) is 0 Å². The Morgan fingerprint density at radius 2 is 2.33 bits per heavy atom. The van der Waals surface area contributed by atoms with Crippen LogP contribution in [0.15, 0.2) is 12.3 Å². The molecule has 0 aliphatic carbocycles. The highest BCUT2D eigenvalue weighted by atomic mass is 15.3. The Labute approximate surface area is 110 Å². The number of rotatable bonds is 5. The molecule has 0 spiro atoms. The van der Waals surface area contributed by atoms with Crippen LogP contribution >= 0.6 is 0 Å². The Bertz CT molecular complexity index is 360. The minimum atomic E-state index is 0.645. The van der Waals surface area contributed by atoms with E-state index in [1.54, 1.807) is 0 Å². The van der Waals surface area contributed by atoms with E-state index in [0.717, 1.165) is 19.5 Å². The van der Waals surface area contributed by atoms with Gasteiger partial charge in [0.25, 0.3) is 0 Å². The first kappa shape index (κ1) is 13.6. The average molecular weight is 250 g/mol. The number of aryl methyl sites for hydroxylation is 1. The standard InChI is InChI=1S/C14H26N4/c1-4-5-13-11-18(12(2)10-15-13)9-7-14-6-8-16-17(14)3/h6,8,12-13,15H,4-5,7,9-11H2,1-3H3. The molecule has 0 radical (unpaired) electrons. The van der Waals surface area contributed by atoms with E-state index in [9.17, 15) is 0 Å². The molecule has 2 atom stereocenters. The van der Waals surface area contributed by atoms with Gasteiger partial charge in [0, 0.05) is 57.1 Å². The zero-order valence-electron chi connectivity index (χ0n) is 11.9. The van der Waals surface area contributed by atoms with Crippen molar-refractivity contribution in [1.29, 1.82) is 0 Å². The fourth-order valence-electron chi connectivity index (χ4n) is 2.75. The lowest BCUT2D eigenvalue weighted by molar-refractivity contribution is 0.138. The van der Waals surface area contributed by atoms with Gasteiger partial charge in [-0.3, -0.25) is 9.58 Å². The van der Waals surface area contributed by atoms with Crippen LogP contribution in [0.4, 0.5) is 0 Å². The van der Waals surface area contributed by atoms with Crippen LogP contribution in [0.3, 0.4) is 0 Å². The minimum Gasteiger partial charge on any atom is -0.311 e. The molecule has 0 aromatic carbocycles. The van der Waals surface area contributed by atoms with Crippen molar-refractivity contribution in [3.8, 4) is 0 Å². The smallest absolute Gasteiger partial charge is 0.0492 e. The molecule has 0 amide bonds. The second-order valence-electron chi connectivity index (χ2n) is 5.43. The van der Waals surface area contributed by atoms with E-state index < -0.39 is 0 Å². The van der Waals surface area contributed by atoms with Gasteiger partial charge in [0.05, 0.1) is 0 Å². The molecule has 2 heterocycles. The number of hydrogen-bond acceptors (Lipinski definition) is 3. The number of hydrogen-bond donors (Lipinski definition) is 1. The zero-order valence-corrected chi connectivity index (χ0v) is 11.9. The van der Waals surface area contributed by atoms with Crippen molar-refractivity contribution in [2.45, 2.75) is 45.2 Å². The van der Waals surface area contributed by atoms with Crippen LogP contribution in [0, 0.1) is 0 Å². The maximum atomic E-state index is 4.23. The van der Waals surface area contributed by atoms with Gasteiger partial charge in [-0.2, -0.15) is 5.10 Å². The quantitative estimate of drug-likeness (QED) is 0.858.